The van der Waals surface area contributed by atoms with E-state index in [1.165, 1.54) is 12.8 Å². The second-order valence-electron chi connectivity index (χ2n) is 4.02. The molecule has 0 radical (unpaired) electrons. The van der Waals surface area contributed by atoms with Gasteiger partial charge in [0.25, 0.3) is 0 Å². The molecule has 0 aliphatic carbocycles. The van der Waals surface area contributed by atoms with Crippen molar-refractivity contribution >= 4 is 7.94 Å². The summed E-state index contributed by atoms with van der Waals surface area (Å²) in [7, 11) is -3.89. The van der Waals surface area contributed by atoms with Gasteiger partial charge in [-0.05, 0) is 0 Å². The normalized spacial score (nSPS) is 15.3. The Bertz CT molecular complexity index is 147. The zero-order valence-electron chi connectivity index (χ0n) is 9.78. The number of hydrogen-bond donors (Lipinski definition) is 3. The molecule has 0 aromatic carbocycles. The van der Waals surface area contributed by atoms with E-state index in [1.807, 2.05) is 0 Å². The molecule has 0 amide bonds. The van der Waals surface area contributed by atoms with E-state index in [9.17, 15) is 0 Å². The van der Waals surface area contributed by atoms with Crippen LogP contribution in [-0.4, -0.2) is 34.1 Å². The molecule has 0 saturated heterocycles. The van der Waals surface area contributed by atoms with Gasteiger partial charge in [-0.15, -0.1) is 0 Å². The molecule has 5 heteroatoms. The summed E-state index contributed by atoms with van der Waals surface area (Å²) in [4.78, 5) is 26.3. The molecular weight excluding hydrogens is 215 g/mol. The van der Waals surface area contributed by atoms with Gasteiger partial charge in [-0.2, -0.15) is 0 Å². The van der Waals surface area contributed by atoms with Crippen LogP contribution in [0.1, 0.15) is 39.5 Å². The third kappa shape index (κ3) is 10.6. The molecule has 0 aromatic rings. The maximum atomic E-state index is 8.75. The van der Waals surface area contributed by atoms with Gasteiger partial charge in [0.1, 0.15) is 0 Å². The molecule has 4 nitrogen and oxygen atoms in total. The van der Waals surface area contributed by atoms with Gasteiger partial charge in [-0.3, -0.25) is 0 Å². The van der Waals surface area contributed by atoms with E-state index in [-0.39, 0.29) is 12.8 Å². The van der Waals surface area contributed by atoms with Gasteiger partial charge in [0.05, 0.1) is 0 Å². The van der Waals surface area contributed by atoms with Crippen molar-refractivity contribution in [2.75, 3.05) is 19.4 Å². The van der Waals surface area contributed by atoms with Gasteiger partial charge in [-0.25, -0.2) is 0 Å². The molecule has 0 saturated carbocycles. The van der Waals surface area contributed by atoms with Gasteiger partial charge in [0.15, 0.2) is 0 Å². The molecule has 0 aromatic heterocycles. The summed E-state index contributed by atoms with van der Waals surface area (Å²) in [5, 5.41) is 0. The Morgan fingerprint density at radius 1 is 1.20 bits per heavy atom. The summed E-state index contributed by atoms with van der Waals surface area (Å²) < 4.78 is 5.31. The Morgan fingerprint density at radius 2 is 1.87 bits per heavy atom. The molecular formula is C10H25O4P. The fraction of sp³-hybridized carbons (Fsp3) is 1.00. The average molecular weight is 240 g/mol. The predicted octanol–water partition coefficient (Wildman–Crippen LogP) is 1.69. The summed E-state index contributed by atoms with van der Waals surface area (Å²) in [5.41, 5.74) is 0. The van der Waals surface area contributed by atoms with Crippen LogP contribution in [-0.2, 0) is 4.74 Å². The van der Waals surface area contributed by atoms with E-state index < -0.39 is 7.94 Å². The Labute approximate surface area is 92.9 Å². The molecule has 0 fully saturated rings. The topological polar surface area (TPSA) is 69.9 Å². The molecule has 94 valence electrons. The Kier molecular flexibility index (Phi) is 8.58. The molecule has 1 unspecified atom stereocenters. The SMILES string of the molecule is CCCCC(CC)COCC[PH](O)(O)O. The molecule has 0 heterocycles. The van der Waals surface area contributed by atoms with Crippen LogP contribution in [0, 0.1) is 5.92 Å². The summed E-state index contributed by atoms with van der Waals surface area (Å²) in [6.45, 7) is 5.18. The second-order valence-corrected chi connectivity index (χ2v) is 6.06. The first kappa shape index (κ1) is 15.3. The molecule has 0 bridgehead atoms. The quantitative estimate of drug-likeness (QED) is 0.424. The van der Waals surface area contributed by atoms with Crippen molar-refractivity contribution in [3.8, 4) is 0 Å². The van der Waals surface area contributed by atoms with Crippen molar-refractivity contribution < 1.29 is 19.4 Å². The van der Waals surface area contributed by atoms with Crippen molar-refractivity contribution in [1.29, 1.82) is 0 Å². The number of rotatable bonds is 9. The fourth-order valence-corrected chi connectivity index (χ4v) is 1.78. The Balaban J connectivity index is 3.46. The van der Waals surface area contributed by atoms with Crippen LogP contribution in [0.4, 0.5) is 0 Å². The van der Waals surface area contributed by atoms with Crippen LogP contribution in [0.5, 0.6) is 0 Å². The van der Waals surface area contributed by atoms with Gasteiger partial charge in [0.2, 0.25) is 0 Å². The number of ether oxygens (including phenoxy) is 1. The predicted molar refractivity (Wildman–Crippen MR) is 64.0 cm³/mol. The first-order valence-electron chi connectivity index (χ1n) is 5.74. The molecule has 1 atom stereocenters. The van der Waals surface area contributed by atoms with Crippen LogP contribution >= 0.6 is 7.94 Å². The van der Waals surface area contributed by atoms with Crippen molar-refractivity contribution in [2.24, 2.45) is 5.92 Å². The van der Waals surface area contributed by atoms with Crippen molar-refractivity contribution in [3.63, 3.8) is 0 Å². The number of hydrogen-bond acceptors (Lipinski definition) is 4. The third-order valence-electron chi connectivity index (χ3n) is 2.48. The van der Waals surface area contributed by atoms with Crippen molar-refractivity contribution in [1.82, 2.24) is 0 Å². The van der Waals surface area contributed by atoms with Gasteiger partial charge < -0.3 is 0 Å². The number of unbranched alkanes of at least 4 members (excludes halogenated alkanes) is 1. The van der Waals surface area contributed by atoms with Gasteiger partial charge in [-0.1, -0.05) is 0 Å². The standard InChI is InChI=1S/C10H25O4P/c1-3-5-6-10(4-2)9-14-7-8-15(11,12)13/h10-13,15H,3-9H2,1-2H3. The summed E-state index contributed by atoms with van der Waals surface area (Å²) in [5.74, 6) is 0.553. The second kappa shape index (κ2) is 8.43. The van der Waals surface area contributed by atoms with Gasteiger partial charge >= 0.3 is 92.2 Å². The summed E-state index contributed by atoms with van der Waals surface area (Å²) >= 11 is 0. The van der Waals surface area contributed by atoms with Gasteiger partial charge in [0, 0.05) is 0 Å². The summed E-state index contributed by atoms with van der Waals surface area (Å²) in [6, 6.07) is 0. The van der Waals surface area contributed by atoms with Crippen LogP contribution in [0.15, 0.2) is 0 Å². The maximum absolute atomic E-state index is 8.75. The minimum absolute atomic E-state index is 0.0305. The van der Waals surface area contributed by atoms with Crippen molar-refractivity contribution in [2.45, 2.75) is 39.5 Å². The van der Waals surface area contributed by atoms with Crippen LogP contribution in [0.2, 0.25) is 0 Å². The molecule has 15 heavy (non-hydrogen) atoms. The van der Waals surface area contributed by atoms with Crippen LogP contribution in [0.25, 0.3) is 0 Å². The van der Waals surface area contributed by atoms with E-state index >= 15 is 0 Å². The first-order valence-corrected chi connectivity index (χ1v) is 7.79. The monoisotopic (exact) mass is 240 g/mol. The van der Waals surface area contributed by atoms with Crippen LogP contribution < -0.4 is 0 Å². The van der Waals surface area contributed by atoms with E-state index in [1.54, 1.807) is 0 Å². The van der Waals surface area contributed by atoms with E-state index in [2.05, 4.69) is 13.8 Å². The average Bonchev–Trinajstić information content (AvgIpc) is 2.15. The fourth-order valence-electron chi connectivity index (χ4n) is 1.36. The molecule has 0 rings (SSSR count). The molecule has 3 N–H and O–H groups in total. The Hall–Kier alpha value is 0.270. The van der Waals surface area contributed by atoms with E-state index in [0.717, 1.165) is 12.8 Å². The van der Waals surface area contributed by atoms with Crippen molar-refractivity contribution in [3.05, 3.63) is 0 Å². The molecule has 0 aliphatic rings. The molecule has 0 aliphatic heterocycles. The molecule has 0 spiro atoms. The van der Waals surface area contributed by atoms with Crippen LogP contribution in [0.3, 0.4) is 0 Å². The minimum atomic E-state index is -3.89. The third-order valence-corrected chi connectivity index (χ3v) is 3.35. The zero-order valence-corrected chi connectivity index (χ0v) is 10.8. The summed E-state index contributed by atoms with van der Waals surface area (Å²) in [6.07, 6.45) is 4.61. The van der Waals surface area contributed by atoms with E-state index in [4.69, 9.17) is 19.4 Å². The Morgan fingerprint density at radius 3 is 2.33 bits per heavy atom. The zero-order chi connectivity index (χ0) is 11.7. The first-order chi connectivity index (χ1) is 6.99. The van der Waals surface area contributed by atoms with E-state index in [0.29, 0.717) is 12.5 Å².